The molecule has 0 unspecified atom stereocenters. The molecule has 0 aliphatic rings. The molecule has 1 heterocycles. The van der Waals surface area contributed by atoms with E-state index >= 15 is 0 Å². The molecule has 0 saturated carbocycles. The van der Waals surface area contributed by atoms with Gasteiger partial charge in [0, 0.05) is 15.7 Å². The summed E-state index contributed by atoms with van der Waals surface area (Å²) in [5.41, 5.74) is 1.33. The Bertz CT molecular complexity index is 608. The van der Waals surface area contributed by atoms with Crippen LogP contribution in [0.4, 0.5) is 10.8 Å². The Labute approximate surface area is 124 Å². The largest absolute Gasteiger partial charge is 0.465 e. The van der Waals surface area contributed by atoms with Crippen molar-refractivity contribution in [3.05, 3.63) is 38.8 Å². The number of anilines is 2. The third kappa shape index (κ3) is 3.37. The predicted octanol–water partition coefficient (Wildman–Crippen LogP) is 4.29. The zero-order valence-corrected chi connectivity index (χ0v) is 12.5. The molecule has 1 aromatic carbocycles. The van der Waals surface area contributed by atoms with E-state index in [2.05, 4.69) is 15.0 Å². The van der Waals surface area contributed by atoms with Crippen molar-refractivity contribution in [3.63, 3.8) is 0 Å². The van der Waals surface area contributed by atoms with Gasteiger partial charge in [0.05, 0.1) is 12.8 Å². The number of nitrogens with one attached hydrogen (secondary N) is 1. The Morgan fingerprint density at radius 3 is 2.53 bits per heavy atom. The summed E-state index contributed by atoms with van der Waals surface area (Å²) in [6.07, 6.45) is 0. The molecule has 4 nitrogen and oxygen atoms in total. The molecule has 0 radical (unpaired) electrons. The van der Waals surface area contributed by atoms with Crippen molar-refractivity contribution in [3.8, 4) is 0 Å². The van der Waals surface area contributed by atoms with Crippen molar-refractivity contribution in [2.24, 2.45) is 0 Å². The smallest absolute Gasteiger partial charge is 0.350 e. The molecule has 0 bridgehead atoms. The monoisotopic (exact) mass is 316 g/mol. The topological polar surface area (TPSA) is 51.2 Å². The van der Waals surface area contributed by atoms with Gasteiger partial charge in [-0.1, -0.05) is 34.5 Å². The van der Waals surface area contributed by atoms with Crippen molar-refractivity contribution in [2.45, 2.75) is 6.92 Å². The number of benzene rings is 1. The summed E-state index contributed by atoms with van der Waals surface area (Å²) in [4.78, 5) is 16.2. The van der Waals surface area contributed by atoms with Crippen LogP contribution in [0.3, 0.4) is 0 Å². The number of esters is 1. The Balaban J connectivity index is 2.26. The average Bonchev–Trinajstić information content (AvgIpc) is 2.68. The van der Waals surface area contributed by atoms with Crippen LogP contribution in [0.1, 0.15) is 15.4 Å². The Kier molecular flexibility index (Phi) is 4.29. The number of hydrogen-bond acceptors (Lipinski definition) is 5. The minimum atomic E-state index is -0.396. The van der Waals surface area contributed by atoms with E-state index in [1.807, 2.05) is 0 Å². The molecule has 0 amide bonds. The van der Waals surface area contributed by atoms with Crippen LogP contribution in [0.15, 0.2) is 18.2 Å². The first kappa shape index (κ1) is 14.1. The SMILES string of the molecule is COC(=O)c1sc(Nc2cc(Cl)cc(Cl)c2)nc1C. The van der Waals surface area contributed by atoms with Crippen LogP contribution >= 0.6 is 34.5 Å². The molecule has 1 aromatic heterocycles. The molecule has 0 aliphatic heterocycles. The number of aryl methyl sites for hydroxylation is 1. The zero-order chi connectivity index (χ0) is 14.0. The maximum absolute atomic E-state index is 11.5. The summed E-state index contributed by atoms with van der Waals surface area (Å²) >= 11 is 13.0. The first-order valence-electron chi connectivity index (χ1n) is 5.28. The maximum atomic E-state index is 11.5. The van der Waals surface area contributed by atoms with E-state index in [1.165, 1.54) is 18.4 Å². The lowest BCUT2D eigenvalue weighted by Crippen LogP contribution is -1.99. The summed E-state index contributed by atoms with van der Waals surface area (Å²) in [5.74, 6) is -0.396. The van der Waals surface area contributed by atoms with E-state index in [4.69, 9.17) is 23.2 Å². The van der Waals surface area contributed by atoms with E-state index in [-0.39, 0.29) is 0 Å². The number of methoxy groups -OCH3 is 1. The Hall–Kier alpha value is -1.30. The van der Waals surface area contributed by atoms with Crippen molar-refractivity contribution in [1.29, 1.82) is 0 Å². The third-order valence-corrected chi connectivity index (χ3v) is 3.77. The predicted molar refractivity (Wildman–Crippen MR) is 77.9 cm³/mol. The lowest BCUT2D eigenvalue weighted by Gasteiger charge is -2.03. The summed E-state index contributed by atoms with van der Waals surface area (Å²) in [5, 5.41) is 4.69. The number of halogens is 2. The fraction of sp³-hybridized carbons (Fsp3) is 0.167. The molecule has 2 aromatic rings. The van der Waals surface area contributed by atoms with Gasteiger partial charge in [-0.25, -0.2) is 9.78 Å². The van der Waals surface area contributed by atoms with Crippen LogP contribution in [0, 0.1) is 6.92 Å². The maximum Gasteiger partial charge on any atom is 0.350 e. The molecule has 0 saturated heterocycles. The van der Waals surface area contributed by atoms with Gasteiger partial charge in [-0.2, -0.15) is 0 Å². The summed E-state index contributed by atoms with van der Waals surface area (Å²) < 4.78 is 4.68. The number of ether oxygens (including phenoxy) is 1. The lowest BCUT2D eigenvalue weighted by atomic mass is 10.3. The second kappa shape index (κ2) is 5.77. The van der Waals surface area contributed by atoms with Crippen LogP contribution in [0.5, 0.6) is 0 Å². The van der Waals surface area contributed by atoms with Crippen molar-refractivity contribution >= 4 is 51.3 Å². The van der Waals surface area contributed by atoms with E-state index in [1.54, 1.807) is 25.1 Å². The lowest BCUT2D eigenvalue weighted by molar-refractivity contribution is 0.0605. The summed E-state index contributed by atoms with van der Waals surface area (Å²) in [6.45, 7) is 1.75. The van der Waals surface area contributed by atoms with Gasteiger partial charge in [0.15, 0.2) is 5.13 Å². The van der Waals surface area contributed by atoms with Crippen LogP contribution in [-0.4, -0.2) is 18.1 Å². The normalized spacial score (nSPS) is 10.3. The highest BCUT2D eigenvalue weighted by Gasteiger charge is 2.15. The number of carbonyl (C=O) groups is 1. The minimum Gasteiger partial charge on any atom is -0.465 e. The second-order valence-corrected chi connectivity index (χ2v) is 5.58. The van der Waals surface area contributed by atoms with Gasteiger partial charge in [0.1, 0.15) is 4.88 Å². The van der Waals surface area contributed by atoms with Gasteiger partial charge >= 0.3 is 5.97 Å². The van der Waals surface area contributed by atoms with Gasteiger partial charge < -0.3 is 10.1 Å². The molecule has 100 valence electrons. The van der Waals surface area contributed by atoms with E-state index in [0.717, 1.165) is 0 Å². The summed E-state index contributed by atoms with van der Waals surface area (Å²) in [7, 11) is 1.34. The van der Waals surface area contributed by atoms with Crippen LogP contribution in [0.2, 0.25) is 10.0 Å². The molecular formula is C12H10Cl2N2O2S. The van der Waals surface area contributed by atoms with Crippen molar-refractivity contribution in [1.82, 2.24) is 4.98 Å². The van der Waals surface area contributed by atoms with E-state index in [0.29, 0.717) is 31.4 Å². The van der Waals surface area contributed by atoms with Gasteiger partial charge in [-0.3, -0.25) is 0 Å². The second-order valence-electron chi connectivity index (χ2n) is 3.71. The van der Waals surface area contributed by atoms with Crippen molar-refractivity contribution < 1.29 is 9.53 Å². The minimum absolute atomic E-state index is 0.396. The average molecular weight is 317 g/mol. The number of rotatable bonds is 3. The van der Waals surface area contributed by atoms with Gasteiger partial charge in [-0.15, -0.1) is 0 Å². The fourth-order valence-corrected chi connectivity index (χ4v) is 2.91. The number of carbonyl (C=O) groups excluding carboxylic acids is 1. The fourth-order valence-electron chi connectivity index (χ4n) is 1.48. The van der Waals surface area contributed by atoms with Crippen molar-refractivity contribution in [2.75, 3.05) is 12.4 Å². The molecule has 0 atom stereocenters. The molecule has 0 aliphatic carbocycles. The third-order valence-electron chi connectivity index (χ3n) is 2.28. The number of nitrogens with zero attached hydrogens (tertiary/aromatic N) is 1. The highest BCUT2D eigenvalue weighted by atomic mass is 35.5. The van der Waals surface area contributed by atoms with Crippen LogP contribution in [0.25, 0.3) is 0 Å². The molecular weight excluding hydrogens is 307 g/mol. The van der Waals surface area contributed by atoms with Gasteiger partial charge in [0.2, 0.25) is 0 Å². The highest BCUT2D eigenvalue weighted by Crippen LogP contribution is 2.29. The number of thiazole rings is 1. The molecule has 7 heteroatoms. The highest BCUT2D eigenvalue weighted by molar-refractivity contribution is 7.17. The zero-order valence-electron chi connectivity index (χ0n) is 10.2. The van der Waals surface area contributed by atoms with Gasteiger partial charge in [0.25, 0.3) is 0 Å². The van der Waals surface area contributed by atoms with Crippen LogP contribution < -0.4 is 5.32 Å². The van der Waals surface area contributed by atoms with Gasteiger partial charge in [-0.05, 0) is 25.1 Å². The first-order valence-corrected chi connectivity index (χ1v) is 6.85. The molecule has 1 N–H and O–H groups in total. The molecule has 19 heavy (non-hydrogen) atoms. The Morgan fingerprint density at radius 2 is 1.95 bits per heavy atom. The molecule has 0 fully saturated rings. The quantitative estimate of drug-likeness (QED) is 0.858. The Morgan fingerprint density at radius 1 is 1.32 bits per heavy atom. The van der Waals surface area contributed by atoms with E-state index in [9.17, 15) is 4.79 Å². The molecule has 2 rings (SSSR count). The van der Waals surface area contributed by atoms with E-state index < -0.39 is 5.97 Å². The molecule has 0 spiro atoms. The van der Waals surface area contributed by atoms with Crippen LogP contribution in [-0.2, 0) is 4.74 Å². The standard InChI is InChI=1S/C12H10Cl2N2O2S/c1-6-10(11(17)18-2)19-12(15-6)16-9-4-7(13)3-8(14)5-9/h3-5H,1-2H3,(H,15,16). The number of hydrogen-bond donors (Lipinski definition) is 1. The summed E-state index contributed by atoms with van der Waals surface area (Å²) in [6, 6.07) is 5.09. The number of aromatic nitrogens is 1. The first-order chi connectivity index (χ1) is 8.99.